The first kappa shape index (κ1) is 17.4. The summed E-state index contributed by atoms with van der Waals surface area (Å²) in [6.07, 6.45) is 8.10. The van der Waals surface area contributed by atoms with Crippen molar-refractivity contribution in [2.45, 2.75) is 87.0 Å². The van der Waals surface area contributed by atoms with Crippen molar-refractivity contribution in [1.82, 2.24) is 0 Å². The van der Waals surface area contributed by atoms with Crippen LogP contribution in [-0.2, 0) is 0 Å². The van der Waals surface area contributed by atoms with Crippen LogP contribution in [0.5, 0.6) is 0 Å². The van der Waals surface area contributed by atoms with Gasteiger partial charge in [0.1, 0.15) is 0 Å². The Kier molecular flexibility index (Phi) is 12.2. The third-order valence-corrected chi connectivity index (χ3v) is 3.70. The van der Waals surface area contributed by atoms with E-state index < -0.39 is 0 Å². The van der Waals surface area contributed by atoms with Crippen LogP contribution in [0, 0.1) is 11.3 Å². The predicted molar refractivity (Wildman–Crippen MR) is 73.3 cm³/mol. The van der Waals surface area contributed by atoms with E-state index in [2.05, 4.69) is 48.5 Å². The summed E-state index contributed by atoms with van der Waals surface area (Å²) in [5.41, 5.74) is 0.625. The van der Waals surface area contributed by atoms with E-state index >= 15 is 0 Å². The van der Waals surface area contributed by atoms with E-state index in [-0.39, 0.29) is 0 Å². The molecule has 0 unspecified atom stereocenters. The summed E-state index contributed by atoms with van der Waals surface area (Å²) in [6.45, 7) is 16.0. The molecule has 0 atom stereocenters. The number of hydrogen-bond acceptors (Lipinski definition) is 0. The number of unbranched alkanes of at least 4 members (excludes halogenated alkanes) is 1. The van der Waals surface area contributed by atoms with Gasteiger partial charge >= 0.3 is 0 Å². The molecule has 0 aromatic rings. The van der Waals surface area contributed by atoms with Gasteiger partial charge in [-0.05, 0) is 11.3 Å². The van der Waals surface area contributed by atoms with Gasteiger partial charge < -0.3 is 0 Å². The highest BCUT2D eigenvalue weighted by Crippen LogP contribution is 2.28. The summed E-state index contributed by atoms with van der Waals surface area (Å²) in [5.74, 6) is 0.903. The van der Waals surface area contributed by atoms with Crippen LogP contribution in [0.25, 0.3) is 0 Å². The van der Waals surface area contributed by atoms with E-state index in [0.29, 0.717) is 5.41 Å². The lowest BCUT2D eigenvalue weighted by Crippen LogP contribution is -2.10. The van der Waals surface area contributed by atoms with Crippen molar-refractivity contribution >= 4 is 0 Å². The molecule has 0 aliphatic carbocycles. The fourth-order valence-corrected chi connectivity index (χ4v) is 1.36. The second kappa shape index (κ2) is 10.5. The smallest absolute Gasteiger partial charge is 0.0334 e. The summed E-state index contributed by atoms with van der Waals surface area (Å²) in [4.78, 5) is 0. The van der Waals surface area contributed by atoms with Gasteiger partial charge in [-0.2, -0.15) is 0 Å². The molecule has 0 aromatic carbocycles. The van der Waals surface area contributed by atoms with E-state index in [1.807, 2.05) is 0 Å². The predicted octanol–water partition coefficient (Wildman–Crippen LogP) is 6.06. The second-order valence-electron chi connectivity index (χ2n) is 5.41. The fourth-order valence-electron chi connectivity index (χ4n) is 1.36. The Hall–Kier alpha value is 0. The van der Waals surface area contributed by atoms with Crippen LogP contribution < -0.4 is 0 Å². The van der Waals surface area contributed by atoms with Gasteiger partial charge in [0.25, 0.3) is 0 Å². The summed E-state index contributed by atoms with van der Waals surface area (Å²) in [5, 5.41) is 0. The molecule has 0 heterocycles. The van der Waals surface area contributed by atoms with Crippen LogP contribution in [0.3, 0.4) is 0 Å². The number of rotatable bonds is 6. The van der Waals surface area contributed by atoms with E-state index in [4.69, 9.17) is 0 Å². The maximum atomic E-state index is 2.35. The van der Waals surface area contributed by atoms with E-state index in [1.165, 1.54) is 38.5 Å². The Labute approximate surface area is 98.9 Å². The third kappa shape index (κ3) is 11.9. The van der Waals surface area contributed by atoms with Crippen LogP contribution in [0.15, 0.2) is 0 Å². The molecule has 0 radical (unpaired) electrons. The van der Waals surface area contributed by atoms with Crippen molar-refractivity contribution in [2.75, 3.05) is 0 Å². The van der Waals surface area contributed by atoms with Crippen LogP contribution in [0.4, 0.5) is 0 Å². The first-order chi connectivity index (χ1) is 6.95. The van der Waals surface area contributed by atoms with Gasteiger partial charge in [-0.25, -0.2) is 0 Å². The molecule has 0 N–H and O–H groups in total. The van der Waals surface area contributed by atoms with E-state index in [9.17, 15) is 0 Å². The van der Waals surface area contributed by atoms with Crippen molar-refractivity contribution < 1.29 is 0 Å². The molecule has 0 bridgehead atoms. The Morgan fingerprint density at radius 3 is 1.33 bits per heavy atom. The minimum absolute atomic E-state index is 0.625. The summed E-state index contributed by atoms with van der Waals surface area (Å²) >= 11 is 0. The Morgan fingerprint density at radius 1 is 0.867 bits per heavy atom. The zero-order valence-corrected chi connectivity index (χ0v) is 12.3. The topological polar surface area (TPSA) is 0 Å². The largest absolute Gasteiger partial charge is 0.0654 e. The highest BCUT2D eigenvalue weighted by atomic mass is 14.2. The van der Waals surface area contributed by atoms with Crippen molar-refractivity contribution in [3.63, 3.8) is 0 Å². The Balaban J connectivity index is 0. The normalized spacial score (nSPS) is 11.2. The molecule has 0 aromatic heterocycles. The molecule has 0 spiro atoms. The average molecular weight is 214 g/mol. The number of hydrogen-bond donors (Lipinski definition) is 0. The Morgan fingerprint density at radius 2 is 1.27 bits per heavy atom. The van der Waals surface area contributed by atoms with Gasteiger partial charge in [0.15, 0.2) is 0 Å². The average Bonchev–Trinajstić information content (AvgIpc) is 2.26. The van der Waals surface area contributed by atoms with Gasteiger partial charge in [-0.1, -0.05) is 87.0 Å². The van der Waals surface area contributed by atoms with Crippen molar-refractivity contribution in [3.8, 4) is 0 Å². The van der Waals surface area contributed by atoms with Gasteiger partial charge in [-0.3, -0.25) is 0 Å². The molecule has 0 saturated carbocycles. The maximum absolute atomic E-state index is 2.35. The minimum Gasteiger partial charge on any atom is -0.0654 e. The zero-order chi connectivity index (χ0) is 12.3. The molecule has 0 nitrogen and oxygen atoms in total. The SMILES string of the molecule is CCC(C)(CC)CC.CCCCC(C)C. The zero-order valence-electron chi connectivity index (χ0n) is 12.3. The Bertz CT molecular complexity index is 101. The molecule has 15 heavy (non-hydrogen) atoms. The molecule has 0 aliphatic rings. The van der Waals surface area contributed by atoms with Crippen LogP contribution in [-0.4, -0.2) is 0 Å². The molecule has 0 rings (SSSR count). The quantitative estimate of drug-likeness (QED) is 0.504. The highest BCUT2D eigenvalue weighted by molar-refractivity contribution is 4.67. The standard InChI is InChI=1S/C8H18.C7H16/c1-5-8(4,6-2)7-3;1-4-5-6-7(2)3/h5-7H2,1-4H3;7H,4-6H2,1-3H3. The lowest BCUT2D eigenvalue weighted by atomic mass is 9.82. The minimum atomic E-state index is 0.625. The first-order valence-electron chi connectivity index (χ1n) is 6.95. The molecule has 0 aliphatic heterocycles. The van der Waals surface area contributed by atoms with Gasteiger partial charge in [0, 0.05) is 0 Å². The van der Waals surface area contributed by atoms with Gasteiger partial charge in [0.2, 0.25) is 0 Å². The first-order valence-corrected chi connectivity index (χ1v) is 6.95. The highest BCUT2D eigenvalue weighted by Gasteiger charge is 2.15. The maximum Gasteiger partial charge on any atom is -0.0334 e. The lowest BCUT2D eigenvalue weighted by molar-refractivity contribution is 0.286. The molecular weight excluding hydrogens is 180 g/mol. The van der Waals surface area contributed by atoms with E-state index in [0.717, 1.165) is 5.92 Å². The second-order valence-corrected chi connectivity index (χ2v) is 5.41. The summed E-state index contributed by atoms with van der Waals surface area (Å²) in [6, 6.07) is 0. The lowest BCUT2D eigenvalue weighted by Gasteiger charge is -2.23. The molecule has 0 heteroatoms. The molecule has 0 saturated heterocycles. The molecule has 0 amide bonds. The summed E-state index contributed by atoms with van der Waals surface area (Å²) < 4.78 is 0. The van der Waals surface area contributed by atoms with Crippen molar-refractivity contribution in [3.05, 3.63) is 0 Å². The monoisotopic (exact) mass is 214 g/mol. The van der Waals surface area contributed by atoms with Crippen molar-refractivity contribution in [2.24, 2.45) is 11.3 Å². The van der Waals surface area contributed by atoms with Crippen LogP contribution in [0.2, 0.25) is 0 Å². The summed E-state index contributed by atoms with van der Waals surface area (Å²) in [7, 11) is 0. The van der Waals surface area contributed by atoms with Crippen molar-refractivity contribution in [1.29, 1.82) is 0 Å². The fraction of sp³-hybridized carbons (Fsp3) is 1.00. The molecule has 0 fully saturated rings. The molecule has 94 valence electrons. The van der Waals surface area contributed by atoms with E-state index in [1.54, 1.807) is 0 Å². The van der Waals surface area contributed by atoms with Gasteiger partial charge in [-0.15, -0.1) is 0 Å². The van der Waals surface area contributed by atoms with Gasteiger partial charge in [0.05, 0.1) is 0 Å². The third-order valence-electron chi connectivity index (χ3n) is 3.70. The molecular formula is C15H34. The van der Waals surface area contributed by atoms with Crippen LogP contribution in [0.1, 0.15) is 87.0 Å². The van der Waals surface area contributed by atoms with Crippen LogP contribution >= 0.6 is 0 Å².